The maximum absolute atomic E-state index is 12.4. The van der Waals surface area contributed by atoms with E-state index in [1.165, 1.54) is 0 Å². The van der Waals surface area contributed by atoms with E-state index >= 15 is 0 Å². The Morgan fingerprint density at radius 3 is 2.32 bits per heavy atom. The number of hydrogen-bond donors (Lipinski definition) is 1. The summed E-state index contributed by atoms with van der Waals surface area (Å²) in [5.41, 5.74) is 4.40. The Labute approximate surface area is 164 Å². The molecular formula is C21H21N3O3S. The van der Waals surface area contributed by atoms with Gasteiger partial charge in [0.15, 0.2) is 0 Å². The quantitative estimate of drug-likeness (QED) is 0.514. The average molecular weight is 395 g/mol. The summed E-state index contributed by atoms with van der Waals surface area (Å²) in [4.78, 5) is 12.4. The predicted molar refractivity (Wildman–Crippen MR) is 113 cm³/mol. The van der Waals surface area contributed by atoms with Crippen LogP contribution in [-0.2, 0) is 14.8 Å². The molecular weight excluding hydrogens is 374 g/mol. The van der Waals surface area contributed by atoms with E-state index < -0.39 is 15.9 Å². The SMILES string of the molecule is C/C(=N/NC(=O)CN(c1cccc2ccccc12)S(C)(=O)=O)c1ccccc1. The molecule has 0 saturated carbocycles. The zero-order chi connectivity index (χ0) is 20.1. The highest BCUT2D eigenvalue weighted by Crippen LogP contribution is 2.28. The Morgan fingerprint density at radius 2 is 1.61 bits per heavy atom. The highest BCUT2D eigenvalue weighted by Gasteiger charge is 2.22. The number of amides is 1. The molecule has 0 aromatic heterocycles. The molecule has 144 valence electrons. The molecule has 28 heavy (non-hydrogen) atoms. The summed E-state index contributed by atoms with van der Waals surface area (Å²) in [7, 11) is -3.67. The van der Waals surface area contributed by atoms with Crippen LogP contribution in [0.1, 0.15) is 12.5 Å². The summed E-state index contributed by atoms with van der Waals surface area (Å²) < 4.78 is 25.9. The van der Waals surface area contributed by atoms with Crippen LogP contribution in [0.5, 0.6) is 0 Å². The summed E-state index contributed by atoms with van der Waals surface area (Å²) in [6.07, 6.45) is 1.08. The minimum absolute atomic E-state index is 0.363. The highest BCUT2D eigenvalue weighted by atomic mass is 32.2. The number of nitrogens with one attached hydrogen (secondary N) is 1. The summed E-state index contributed by atoms with van der Waals surface area (Å²) in [5, 5.41) is 5.73. The minimum atomic E-state index is -3.67. The average Bonchev–Trinajstić information content (AvgIpc) is 2.69. The van der Waals surface area contributed by atoms with Gasteiger partial charge >= 0.3 is 0 Å². The molecule has 3 rings (SSSR count). The summed E-state index contributed by atoms with van der Waals surface area (Å²) in [5.74, 6) is -0.520. The molecule has 0 heterocycles. The van der Waals surface area contributed by atoms with Crippen LogP contribution in [-0.4, -0.2) is 32.8 Å². The maximum Gasteiger partial charge on any atom is 0.260 e. The van der Waals surface area contributed by atoms with Crippen molar-refractivity contribution in [1.29, 1.82) is 0 Å². The number of hydrogen-bond acceptors (Lipinski definition) is 4. The number of benzene rings is 3. The molecule has 0 fully saturated rings. The lowest BCUT2D eigenvalue weighted by Gasteiger charge is -2.23. The molecule has 0 aliphatic carbocycles. The van der Waals surface area contributed by atoms with Crippen LogP contribution in [0.25, 0.3) is 10.8 Å². The molecule has 0 unspecified atom stereocenters. The van der Waals surface area contributed by atoms with Crippen molar-refractivity contribution in [3.05, 3.63) is 78.4 Å². The van der Waals surface area contributed by atoms with Crippen molar-refractivity contribution in [2.75, 3.05) is 17.1 Å². The number of anilines is 1. The lowest BCUT2D eigenvalue weighted by atomic mass is 10.1. The Balaban J connectivity index is 1.85. The molecule has 0 spiro atoms. The molecule has 0 bridgehead atoms. The zero-order valence-corrected chi connectivity index (χ0v) is 16.5. The van der Waals surface area contributed by atoms with Gasteiger partial charge in [-0.1, -0.05) is 66.7 Å². The second-order valence-electron chi connectivity index (χ2n) is 6.37. The maximum atomic E-state index is 12.4. The van der Waals surface area contributed by atoms with E-state index in [9.17, 15) is 13.2 Å². The smallest absolute Gasteiger partial charge is 0.260 e. The van der Waals surface area contributed by atoms with Gasteiger partial charge in [-0.3, -0.25) is 9.10 Å². The standard InChI is InChI=1S/C21H21N3O3S/c1-16(17-9-4-3-5-10-17)22-23-21(25)15-24(28(2,26)27)20-14-8-12-18-11-6-7-13-19(18)20/h3-14H,15H2,1-2H3,(H,23,25)/b22-16-. The van der Waals surface area contributed by atoms with Crippen LogP contribution in [0.4, 0.5) is 5.69 Å². The van der Waals surface area contributed by atoms with Gasteiger partial charge in [-0.25, -0.2) is 13.8 Å². The van der Waals surface area contributed by atoms with E-state index in [0.29, 0.717) is 11.4 Å². The second-order valence-corrected chi connectivity index (χ2v) is 8.27. The fraction of sp³-hybridized carbons (Fsp3) is 0.143. The van der Waals surface area contributed by atoms with E-state index in [1.54, 1.807) is 19.1 Å². The molecule has 7 heteroatoms. The Kier molecular flexibility index (Phi) is 5.75. The van der Waals surface area contributed by atoms with Crippen LogP contribution in [0.15, 0.2) is 77.9 Å². The third-order valence-electron chi connectivity index (χ3n) is 4.26. The number of nitrogens with zero attached hydrogens (tertiary/aromatic N) is 2. The van der Waals surface area contributed by atoms with Crippen LogP contribution in [0.3, 0.4) is 0 Å². The molecule has 3 aromatic rings. The molecule has 0 saturated heterocycles. The van der Waals surface area contributed by atoms with Gasteiger partial charge in [0, 0.05) is 5.39 Å². The Bertz CT molecular complexity index is 1120. The van der Waals surface area contributed by atoms with Gasteiger partial charge in [0.1, 0.15) is 6.54 Å². The highest BCUT2D eigenvalue weighted by molar-refractivity contribution is 7.92. The summed E-state index contributed by atoms with van der Waals surface area (Å²) in [6.45, 7) is 1.41. The van der Waals surface area contributed by atoms with Crippen LogP contribution < -0.4 is 9.73 Å². The minimum Gasteiger partial charge on any atom is -0.271 e. The van der Waals surface area contributed by atoms with Crippen molar-refractivity contribution in [2.45, 2.75) is 6.92 Å². The number of hydrazone groups is 1. The molecule has 0 aliphatic rings. The number of rotatable bonds is 6. The van der Waals surface area contributed by atoms with E-state index in [1.807, 2.05) is 60.7 Å². The summed E-state index contributed by atoms with van der Waals surface area (Å²) in [6, 6.07) is 22.2. The fourth-order valence-corrected chi connectivity index (χ4v) is 3.73. The topological polar surface area (TPSA) is 78.8 Å². The lowest BCUT2D eigenvalue weighted by molar-refractivity contribution is -0.119. The first-order chi connectivity index (χ1) is 13.4. The van der Waals surface area contributed by atoms with Gasteiger partial charge in [-0.2, -0.15) is 5.10 Å². The van der Waals surface area contributed by atoms with Crippen molar-refractivity contribution < 1.29 is 13.2 Å². The van der Waals surface area contributed by atoms with E-state index in [-0.39, 0.29) is 6.54 Å². The molecule has 0 atom stereocenters. The van der Waals surface area contributed by atoms with Crippen molar-refractivity contribution in [3.63, 3.8) is 0 Å². The lowest BCUT2D eigenvalue weighted by Crippen LogP contribution is -2.39. The van der Waals surface area contributed by atoms with E-state index in [4.69, 9.17) is 0 Å². The van der Waals surface area contributed by atoms with Crippen molar-refractivity contribution in [3.8, 4) is 0 Å². The van der Waals surface area contributed by atoms with Crippen molar-refractivity contribution in [1.82, 2.24) is 5.43 Å². The number of sulfonamides is 1. The predicted octanol–water partition coefficient (Wildman–Crippen LogP) is 3.15. The zero-order valence-electron chi connectivity index (χ0n) is 15.7. The first-order valence-corrected chi connectivity index (χ1v) is 10.5. The third-order valence-corrected chi connectivity index (χ3v) is 5.39. The first-order valence-electron chi connectivity index (χ1n) is 8.70. The van der Waals surface area contributed by atoms with Crippen molar-refractivity contribution in [2.24, 2.45) is 5.10 Å². The number of fused-ring (bicyclic) bond motifs is 1. The van der Waals surface area contributed by atoms with Gasteiger partial charge in [-0.15, -0.1) is 0 Å². The van der Waals surface area contributed by atoms with Gasteiger partial charge in [0.05, 0.1) is 17.7 Å². The molecule has 6 nitrogen and oxygen atoms in total. The molecule has 1 N–H and O–H groups in total. The van der Waals surface area contributed by atoms with Gasteiger partial charge in [-0.05, 0) is 23.9 Å². The molecule has 0 aliphatic heterocycles. The molecule has 3 aromatic carbocycles. The number of carbonyl (C=O) groups excluding carboxylic acids is 1. The van der Waals surface area contributed by atoms with Gasteiger partial charge in [0.25, 0.3) is 5.91 Å². The van der Waals surface area contributed by atoms with Gasteiger partial charge < -0.3 is 0 Å². The van der Waals surface area contributed by atoms with Crippen LogP contribution >= 0.6 is 0 Å². The molecule has 1 amide bonds. The largest absolute Gasteiger partial charge is 0.271 e. The van der Waals surface area contributed by atoms with E-state index in [0.717, 1.165) is 26.9 Å². The Morgan fingerprint density at radius 1 is 0.964 bits per heavy atom. The fourth-order valence-electron chi connectivity index (χ4n) is 2.86. The second kappa shape index (κ2) is 8.22. The van der Waals surface area contributed by atoms with Crippen LogP contribution in [0.2, 0.25) is 0 Å². The summed E-state index contributed by atoms with van der Waals surface area (Å²) >= 11 is 0. The number of carbonyl (C=O) groups is 1. The third kappa shape index (κ3) is 4.55. The monoisotopic (exact) mass is 395 g/mol. The van der Waals surface area contributed by atoms with E-state index in [2.05, 4.69) is 10.5 Å². The Hall–Kier alpha value is -3.19. The first kappa shape index (κ1) is 19.6. The molecule has 0 radical (unpaired) electrons. The van der Waals surface area contributed by atoms with Crippen molar-refractivity contribution >= 4 is 38.1 Å². The normalized spacial score (nSPS) is 12.0. The van der Waals surface area contributed by atoms with Gasteiger partial charge in [0.2, 0.25) is 10.0 Å². The van der Waals surface area contributed by atoms with Crippen LogP contribution in [0, 0.1) is 0 Å².